The molecule has 2 aromatic heterocycles. The lowest BCUT2D eigenvalue weighted by molar-refractivity contribution is 0.211. The number of hydrogen-bond donors (Lipinski definition) is 2. The zero-order valence-electron chi connectivity index (χ0n) is 11.3. The number of fused-ring (bicyclic) bond motifs is 1. The number of rotatable bonds is 2. The molecule has 0 atom stereocenters. The fraction of sp³-hybridized carbons (Fsp3) is 0.0667. The van der Waals surface area contributed by atoms with Gasteiger partial charge in [0.05, 0.1) is 0 Å². The third kappa shape index (κ3) is 2.27. The van der Waals surface area contributed by atoms with Crippen molar-refractivity contribution < 1.29 is 9.53 Å². The summed E-state index contributed by atoms with van der Waals surface area (Å²) in [5.74, 6) is 0.376. The van der Waals surface area contributed by atoms with Crippen molar-refractivity contribution in [3.05, 3.63) is 53.1 Å². The summed E-state index contributed by atoms with van der Waals surface area (Å²) in [4.78, 5) is 25.7. The van der Waals surface area contributed by atoms with E-state index in [0.29, 0.717) is 11.3 Å². The molecule has 0 spiro atoms. The second-order valence-electron chi connectivity index (χ2n) is 4.67. The van der Waals surface area contributed by atoms with Crippen molar-refractivity contribution in [3.63, 3.8) is 0 Å². The van der Waals surface area contributed by atoms with Gasteiger partial charge in [-0.2, -0.15) is 0 Å². The number of benzene rings is 1. The number of aryl methyl sites for hydroxylation is 1. The summed E-state index contributed by atoms with van der Waals surface area (Å²) < 4.78 is 6.33. The number of aromatic nitrogens is 2. The number of nitrogens with two attached hydrogens (primary N) is 1. The lowest BCUT2D eigenvalue weighted by atomic mass is 10.0. The standard InChI is InChI=1S/C15H13N3O3/c1-18-8-12(11-6-7-17-13(11)14(18)19)9-2-4-10(5-3-9)21-15(16)20/h2-8,17H,1H3,(H2,16,20). The van der Waals surface area contributed by atoms with Crippen LogP contribution in [0.25, 0.3) is 22.0 Å². The number of amides is 1. The second kappa shape index (κ2) is 4.82. The van der Waals surface area contributed by atoms with Gasteiger partial charge in [0, 0.05) is 30.4 Å². The quantitative estimate of drug-likeness (QED) is 0.753. The first-order chi connectivity index (χ1) is 10.1. The van der Waals surface area contributed by atoms with Crippen molar-refractivity contribution in [2.75, 3.05) is 0 Å². The fourth-order valence-electron chi connectivity index (χ4n) is 2.32. The van der Waals surface area contributed by atoms with Crippen molar-refractivity contribution in [2.24, 2.45) is 12.8 Å². The van der Waals surface area contributed by atoms with Crippen LogP contribution < -0.4 is 16.0 Å². The Morgan fingerprint density at radius 3 is 2.62 bits per heavy atom. The molecule has 3 rings (SSSR count). The van der Waals surface area contributed by atoms with Crippen LogP contribution in [0.15, 0.2) is 47.5 Å². The van der Waals surface area contributed by atoms with E-state index in [2.05, 4.69) is 4.98 Å². The predicted octanol–water partition coefficient (Wildman–Crippen LogP) is 1.99. The molecule has 0 saturated carbocycles. The number of H-pyrrole nitrogens is 1. The predicted molar refractivity (Wildman–Crippen MR) is 79.2 cm³/mol. The van der Waals surface area contributed by atoms with Crippen LogP contribution in [0.3, 0.4) is 0 Å². The number of carbonyl (C=O) groups excluding carboxylic acids is 1. The molecule has 0 aliphatic carbocycles. The van der Waals surface area contributed by atoms with Crippen LogP contribution in [-0.2, 0) is 7.05 Å². The van der Waals surface area contributed by atoms with E-state index in [1.807, 2.05) is 18.2 Å². The van der Waals surface area contributed by atoms with E-state index in [4.69, 9.17) is 10.5 Å². The molecule has 0 bridgehead atoms. The van der Waals surface area contributed by atoms with E-state index in [-0.39, 0.29) is 5.56 Å². The molecule has 2 heterocycles. The van der Waals surface area contributed by atoms with Crippen molar-refractivity contribution in [3.8, 4) is 16.9 Å². The van der Waals surface area contributed by atoms with Gasteiger partial charge in [-0.3, -0.25) is 4.79 Å². The van der Waals surface area contributed by atoms with Gasteiger partial charge in [0.2, 0.25) is 0 Å². The van der Waals surface area contributed by atoms with Crippen LogP contribution >= 0.6 is 0 Å². The van der Waals surface area contributed by atoms with E-state index in [1.54, 1.807) is 31.6 Å². The highest BCUT2D eigenvalue weighted by Crippen LogP contribution is 2.27. The Kier molecular flexibility index (Phi) is 2.98. The maximum Gasteiger partial charge on any atom is 0.409 e. The van der Waals surface area contributed by atoms with Gasteiger partial charge in [0.1, 0.15) is 11.3 Å². The minimum atomic E-state index is -0.849. The third-order valence-corrected chi connectivity index (χ3v) is 3.28. The molecule has 1 aromatic carbocycles. The van der Waals surface area contributed by atoms with Crippen LogP contribution in [-0.4, -0.2) is 15.6 Å². The first kappa shape index (κ1) is 13.0. The van der Waals surface area contributed by atoms with Crippen LogP contribution in [0.4, 0.5) is 4.79 Å². The molecule has 0 radical (unpaired) electrons. The number of pyridine rings is 1. The summed E-state index contributed by atoms with van der Waals surface area (Å²) >= 11 is 0. The zero-order valence-corrected chi connectivity index (χ0v) is 11.3. The lowest BCUT2D eigenvalue weighted by Gasteiger charge is -2.08. The SMILES string of the molecule is Cn1cc(-c2ccc(OC(N)=O)cc2)c2cc[nH]c2c1=O. The Labute approximate surface area is 119 Å². The molecule has 106 valence electrons. The second-order valence-corrected chi connectivity index (χ2v) is 4.67. The van der Waals surface area contributed by atoms with Gasteiger partial charge in [0.15, 0.2) is 0 Å². The number of nitrogens with one attached hydrogen (secondary N) is 1. The average molecular weight is 283 g/mol. The van der Waals surface area contributed by atoms with E-state index >= 15 is 0 Å². The van der Waals surface area contributed by atoms with Gasteiger partial charge in [-0.05, 0) is 23.8 Å². The van der Waals surface area contributed by atoms with Crippen LogP contribution in [0, 0.1) is 0 Å². The molecular formula is C15H13N3O3. The minimum absolute atomic E-state index is 0.0765. The summed E-state index contributed by atoms with van der Waals surface area (Å²) in [5, 5.41) is 0.849. The summed E-state index contributed by atoms with van der Waals surface area (Å²) in [6, 6.07) is 8.79. The highest BCUT2D eigenvalue weighted by molar-refractivity contribution is 5.94. The fourth-order valence-corrected chi connectivity index (χ4v) is 2.32. The monoisotopic (exact) mass is 283 g/mol. The molecule has 21 heavy (non-hydrogen) atoms. The number of primary amides is 1. The molecule has 0 aliphatic heterocycles. The van der Waals surface area contributed by atoms with Gasteiger partial charge in [-0.25, -0.2) is 4.79 Å². The highest BCUT2D eigenvalue weighted by atomic mass is 16.5. The first-order valence-electron chi connectivity index (χ1n) is 6.30. The van der Waals surface area contributed by atoms with E-state index in [0.717, 1.165) is 16.5 Å². The highest BCUT2D eigenvalue weighted by Gasteiger charge is 2.10. The normalized spacial score (nSPS) is 10.7. The van der Waals surface area contributed by atoms with E-state index < -0.39 is 6.09 Å². The number of carbonyl (C=O) groups is 1. The lowest BCUT2D eigenvalue weighted by Crippen LogP contribution is -2.16. The Bertz CT molecular complexity index is 875. The minimum Gasteiger partial charge on any atom is -0.411 e. The molecule has 6 nitrogen and oxygen atoms in total. The molecule has 3 N–H and O–H groups in total. The Hall–Kier alpha value is -3.02. The van der Waals surface area contributed by atoms with Gasteiger partial charge in [0.25, 0.3) is 5.56 Å². The van der Waals surface area contributed by atoms with Crippen molar-refractivity contribution in [1.29, 1.82) is 0 Å². The molecular weight excluding hydrogens is 270 g/mol. The average Bonchev–Trinajstić information content (AvgIpc) is 2.93. The van der Waals surface area contributed by atoms with Crippen molar-refractivity contribution in [2.45, 2.75) is 0 Å². The third-order valence-electron chi connectivity index (χ3n) is 3.28. The van der Waals surface area contributed by atoms with Crippen LogP contribution in [0.2, 0.25) is 0 Å². The smallest absolute Gasteiger partial charge is 0.409 e. The maximum absolute atomic E-state index is 12.0. The molecule has 3 aromatic rings. The van der Waals surface area contributed by atoms with Crippen LogP contribution in [0.1, 0.15) is 0 Å². The summed E-state index contributed by atoms with van der Waals surface area (Å²) in [7, 11) is 1.71. The first-order valence-corrected chi connectivity index (χ1v) is 6.30. The number of aromatic amines is 1. The van der Waals surface area contributed by atoms with Gasteiger partial charge in [-0.15, -0.1) is 0 Å². The summed E-state index contributed by atoms with van der Waals surface area (Å²) in [6.45, 7) is 0. The molecule has 0 fully saturated rings. The summed E-state index contributed by atoms with van der Waals surface area (Å²) in [5.41, 5.74) is 7.28. The maximum atomic E-state index is 12.0. The largest absolute Gasteiger partial charge is 0.411 e. The van der Waals surface area contributed by atoms with Crippen molar-refractivity contribution >= 4 is 17.0 Å². The Balaban J connectivity index is 2.12. The van der Waals surface area contributed by atoms with Gasteiger partial charge in [-0.1, -0.05) is 12.1 Å². The van der Waals surface area contributed by atoms with Crippen molar-refractivity contribution in [1.82, 2.24) is 9.55 Å². The number of hydrogen-bond acceptors (Lipinski definition) is 3. The number of nitrogens with zero attached hydrogens (tertiary/aromatic N) is 1. The molecule has 0 aliphatic rings. The molecule has 1 amide bonds. The Morgan fingerprint density at radius 2 is 1.95 bits per heavy atom. The van der Waals surface area contributed by atoms with Gasteiger partial charge < -0.3 is 20.0 Å². The zero-order chi connectivity index (χ0) is 15.0. The van der Waals surface area contributed by atoms with Gasteiger partial charge >= 0.3 is 6.09 Å². The molecule has 6 heteroatoms. The molecule has 0 saturated heterocycles. The topological polar surface area (TPSA) is 90.1 Å². The van der Waals surface area contributed by atoms with E-state index in [9.17, 15) is 9.59 Å². The Morgan fingerprint density at radius 1 is 1.24 bits per heavy atom. The van der Waals surface area contributed by atoms with E-state index in [1.165, 1.54) is 4.57 Å². The number of ether oxygens (including phenoxy) is 1. The molecule has 0 unspecified atom stereocenters. The summed E-state index contributed by atoms with van der Waals surface area (Å²) in [6.07, 6.45) is 2.67. The van der Waals surface area contributed by atoms with Crippen LogP contribution in [0.5, 0.6) is 5.75 Å².